The van der Waals surface area contributed by atoms with Crippen LogP contribution in [0.3, 0.4) is 0 Å². The van der Waals surface area contributed by atoms with E-state index in [4.69, 9.17) is 14.9 Å². The highest BCUT2D eigenvalue weighted by Gasteiger charge is 2.52. The fraction of sp³-hybridized carbons (Fsp3) is 0.444. The summed E-state index contributed by atoms with van der Waals surface area (Å²) in [6.07, 6.45) is 2.84. The Kier molecular flexibility index (Phi) is 5.37. The molecule has 1 aromatic rings. The van der Waals surface area contributed by atoms with E-state index in [1.54, 1.807) is 7.11 Å². The number of rotatable bonds is 3. The van der Waals surface area contributed by atoms with Gasteiger partial charge in [0.2, 0.25) is 0 Å². The van der Waals surface area contributed by atoms with Gasteiger partial charge in [0.25, 0.3) is 0 Å². The van der Waals surface area contributed by atoms with Crippen LogP contribution < -0.4 is 9.64 Å². The van der Waals surface area contributed by atoms with Gasteiger partial charge in [-0.05, 0) is 25.1 Å². The van der Waals surface area contributed by atoms with Crippen LogP contribution in [0.25, 0.3) is 0 Å². The fourth-order valence-electron chi connectivity index (χ4n) is 3.83. The van der Waals surface area contributed by atoms with Crippen LogP contribution in [-0.2, 0) is 15.0 Å². The number of benzene rings is 1. The molecule has 0 saturated carbocycles. The van der Waals surface area contributed by atoms with E-state index in [9.17, 15) is 9.59 Å². The van der Waals surface area contributed by atoms with Crippen LogP contribution in [-0.4, -0.2) is 61.0 Å². The standard InChI is InChI=1S/C14H20N2O.C4H4O4/c1-14-7-8-15(2)13(14)16(3)12-9-10(17-4)5-6-11(12)14;5-3(6)1-2-4(7)8/h5-6,9,13H,7-8H2,1-4H3;1-2H,(H,5,6)(H,7,8)/b;2-1-. The minimum absolute atomic E-state index is 0.269. The van der Waals surface area contributed by atoms with Crippen LogP contribution in [0.1, 0.15) is 18.9 Å². The van der Waals surface area contributed by atoms with Crippen LogP contribution in [0.15, 0.2) is 30.4 Å². The molecule has 2 unspecified atom stereocenters. The fourth-order valence-corrected chi connectivity index (χ4v) is 3.83. The smallest absolute Gasteiger partial charge is 0.328 e. The van der Waals surface area contributed by atoms with Crippen molar-refractivity contribution in [2.24, 2.45) is 0 Å². The van der Waals surface area contributed by atoms with Gasteiger partial charge in [0.05, 0.1) is 13.3 Å². The lowest BCUT2D eigenvalue weighted by molar-refractivity contribution is -0.134. The quantitative estimate of drug-likeness (QED) is 0.805. The Bertz CT molecular complexity index is 687. The number of aliphatic carboxylic acids is 2. The summed E-state index contributed by atoms with van der Waals surface area (Å²) in [4.78, 5) is 24.0. The van der Waals surface area contributed by atoms with Crippen LogP contribution in [0.5, 0.6) is 5.75 Å². The number of anilines is 1. The molecule has 1 fully saturated rings. The predicted molar refractivity (Wildman–Crippen MR) is 94.2 cm³/mol. The second kappa shape index (κ2) is 7.14. The van der Waals surface area contributed by atoms with Crippen molar-refractivity contribution >= 4 is 17.6 Å². The van der Waals surface area contributed by atoms with Crippen LogP contribution >= 0.6 is 0 Å². The lowest BCUT2D eigenvalue weighted by Gasteiger charge is -2.32. The van der Waals surface area contributed by atoms with E-state index in [1.807, 2.05) is 0 Å². The molecule has 2 aliphatic heterocycles. The minimum Gasteiger partial charge on any atom is -0.497 e. The lowest BCUT2D eigenvalue weighted by atomic mass is 9.81. The summed E-state index contributed by atoms with van der Waals surface area (Å²) in [7, 11) is 6.14. The topological polar surface area (TPSA) is 90.3 Å². The number of likely N-dealkylation sites (N-methyl/N-ethyl adjacent to an activating group) is 2. The van der Waals surface area contributed by atoms with E-state index < -0.39 is 11.9 Å². The largest absolute Gasteiger partial charge is 0.497 e. The maximum absolute atomic E-state index is 9.55. The highest BCUT2D eigenvalue weighted by atomic mass is 16.5. The molecule has 136 valence electrons. The van der Waals surface area contributed by atoms with Gasteiger partial charge in [0.1, 0.15) is 5.75 Å². The van der Waals surface area contributed by atoms with Gasteiger partial charge < -0.3 is 19.8 Å². The maximum atomic E-state index is 9.55. The first-order valence-corrected chi connectivity index (χ1v) is 7.96. The van der Waals surface area contributed by atoms with Crippen LogP contribution in [0, 0.1) is 0 Å². The summed E-state index contributed by atoms with van der Waals surface area (Å²) in [6, 6.07) is 6.48. The molecule has 1 aromatic carbocycles. The van der Waals surface area contributed by atoms with E-state index in [-0.39, 0.29) is 5.41 Å². The van der Waals surface area contributed by atoms with Crippen LogP contribution in [0.2, 0.25) is 0 Å². The number of carboxylic acid groups (broad SMARTS) is 2. The summed E-state index contributed by atoms with van der Waals surface area (Å²) >= 11 is 0. The zero-order valence-corrected chi connectivity index (χ0v) is 14.9. The van der Waals surface area contributed by atoms with Crippen molar-refractivity contribution < 1.29 is 24.5 Å². The van der Waals surface area contributed by atoms with E-state index in [0.29, 0.717) is 18.3 Å². The predicted octanol–water partition coefficient (Wildman–Crippen LogP) is 1.78. The summed E-state index contributed by atoms with van der Waals surface area (Å²) in [5.41, 5.74) is 3.06. The van der Waals surface area contributed by atoms with E-state index in [2.05, 4.69) is 49.0 Å². The number of methoxy groups -OCH3 is 1. The van der Waals surface area contributed by atoms with Crippen molar-refractivity contribution in [2.75, 3.05) is 32.6 Å². The SMILES string of the molecule is COc1ccc2c(c1)N(C)C1N(C)CCC21C.O=C(O)/C=C\C(=O)O. The first kappa shape index (κ1) is 18.8. The van der Waals surface area contributed by atoms with Crippen molar-refractivity contribution in [1.29, 1.82) is 0 Å². The first-order valence-electron chi connectivity index (χ1n) is 7.96. The molecule has 0 amide bonds. The maximum Gasteiger partial charge on any atom is 0.328 e. The Hall–Kier alpha value is -2.54. The molecule has 2 N–H and O–H groups in total. The van der Waals surface area contributed by atoms with E-state index in [1.165, 1.54) is 24.2 Å². The summed E-state index contributed by atoms with van der Waals surface area (Å²) in [6.45, 7) is 3.56. The monoisotopic (exact) mass is 348 g/mol. The number of ether oxygens (including phenoxy) is 1. The number of hydrogen-bond donors (Lipinski definition) is 2. The van der Waals surface area contributed by atoms with Crippen molar-refractivity contribution in [3.05, 3.63) is 35.9 Å². The molecule has 2 aliphatic rings. The Labute approximate surface area is 147 Å². The van der Waals surface area contributed by atoms with Gasteiger partial charge in [-0.1, -0.05) is 13.0 Å². The van der Waals surface area contributed by atoms with Gasteiger partial charge >= 0.3 is 11.9 Å². The molecule has 3 rings (SSSR count). The van der Waals surface area contributed by atoms with Crippen molar-refractivity contribution in [1.82, 2.24) is 4.90 Å². The molecule has 0 aromatic heterocycles. The van der Waals surface area contributed by atoms with Gasteiger partial charge in [0.15, 0.2) is 0 Å². The highest BCUT2D eigenvalue weighted by molar-refractivity contribution is 5.89. The molecule has 0 bridgehead atoms. The van der Waals surface area contributed by atoms with Gasteiger partial charge in [-0.25, -0.2) is 9.59 Å². The Morgan fingerprint density at radius 3 is 2.36 bits per heavy atom. The molecule has 7 nitrogen and oxygen atoms in total. The second-order valence-corrected chi connectivity index (χ2v) is 6.53. The van der Waals surface area contributed by atoms with Gasteiger partial charge in [0, 0.05) is 42.9 Å². The molecular weight excluding hydrogens is 324 g/mol. The zero-order valence-electron chi connectivity index (χ0n) is 14.9. The third-order valence-electron chi connectivity index (χ3n) is 4.91. The van der Waals surface area contributed by atoms with Crippen molar-refractivity contribution in [2.45, 2.75) is 24.9 Å². The van der Waals surface area contributed by atoms with Gasteiger partial charge in [-0.2, -0.15) is 0 Å². The van der Waals surface area contributed by atoms with Crippen molar-refractivity contribution in [3.63, 3.8) is 0 Å². The molecule has 0 radical (unpaired) electrons. The highest BCUT2D eigenvalue weighted by Crippen LogP contribution is 2.51. The number of carbonyl (C=O) groups is 2. The molecule has 1 saturated heterocycles. The Balaban J connectivity index is 0.000000242. The molecule has 25 heavy (non-hydrogen) atoms. The Morgan fingerprint density at radius 2 is 1.84 bits per heavy atom. The number of likely N-dealkylation sites (tertiary alicyclic amines) is 1. The number of hydrogen-bond acceptors (Lipinski definition) is 5. The van der Waals surface area contributed by atoms with Crippen LogP contribution in [0.4, 0.5) is 5.69 Å². The third-order valence-corrected chi connectivity index (χ3v) is 4.91. The average molecular weight is 348 g/mol. The normalized spacial score (nSPS) is 24.5. The molecular formula is C18H24N2O5. The Morgan fingerprint density at radius 1 is 1.24 bits per heavy atom. The molecule has 0 spiro atoms. The van der Waals surface area contributed by atoms with E-state index >= 15 is 0 Å². The molecule has 7 heteroatoms. The number of fused-ring (bicyclic) bond motifs is 3. The summed E-state index contributed by atoms with van der Waals surface area (Å²) in [5.74, 6) is -1.57. The zero-order chi connectivity index (χ0) is 18.8. The molecule has 2 atom stereocenters. The van der Waals surface area contributed by atoms with Crippen molar-refractivity contribution in [3.8, 4) is 5.75 Å². The minimum atomic E-state index is -1.26. The molecule has 2 heterocycles. The lowest BCUT2D eigenvalue weighted by Crippen LogP contribution is -2.45. The number of carboxylic acids is 2. The third kappa shape index (κ3) is 3.61. The summed E-state index contributed by atoms with van der Waals surface area (Å²) in [5, 5.41) is 15.6. The number of nitrogens with zero attached hydrogens (tertiary/aromatic N) is 2. The summed E-state index contributed by atoms with van der Waals surface area (Å²) < 4.78 is 5.33. The average Bonchev–Trinajstić information content (AvgIpc) is 2.99. The second-order valence-electron chi connectivity index (χ2n) is 6.53. The molecule has 0 aliphatic carbocycles. The van der Waals surface area contributed by atoms with Gasteiger partial charge in [-0.15, -0.1) is 0 Å². The first-order chi connectivity index (χ1) is 11.7. The van der Waals surface area contributed by atoms with E-state index in [0.717, 1.165) is 5.75 Å². The van der Waals surface area contributed by atoms with Gasteiger partial charge in [-0.3, -0.25) is 4.90 Å².